The Morgan fingerprint density at radius 3 is 2.34 bits per heavy atom. The van der Waals surface area contributed by atoms with Crippen molar-refractivity contribution in [3.8, 4) is 16.2 Å². The summed E-state index contributed by atoms with van der Waals surface area (Å²) in [5, 5.41) is 14.2. The van der Waals surface area contributed by atoms with Crippen molar-refractivity contribution in [3.05, 3.63) is 62.0 Å². The lowest BCUT2D eigenvalue weighted by atomic mass is 10.1. The first-order valence-corrected chi connectivity index (χ1v) is 12.8. The highest BCUT2D eigenvalue weighted by Gasteiger charge is 2.24. The molecule has 1 heterocycles. The second kappa shape index (κ2) is 9.78. The van der Waals surface area contributed by atoms with Gasteiger partial charge in [0.25, 0.3) is 5.91 Å². The van der Waals surface area contributed by atoms with E-state index in [1.807, 2.05) is 24.3 Å². The number of methoxy groups -OCH3 is 1. The van der Waals surface area contributed by atoms with E-state index in [4.69, 9.17) is 4.74 Å². The third kappa shape index (κ3) is 4.91. The van der Waals surface area contributed by atoms with Gasteiger partial charge in [-0.25, -0.2) is 4.79 Å². The molecule has 5 nitrogen and oxygen atoms in total. The lowest BCUT2D eigenvalue weighted by molar-refractivity contribution is 0.0699. The number of amides is 1. The highest BCUT2D eigenvalue weighted by Crippen LogP contribution is 2.38. The van der Waals surface area contributed by atoms with Crippen LogP contribution in [0.3, 0.4) is 0 Å². The number of carboxylic acids is 1. The summed E-state index contributed by atoms with van der Waals surface area (Å²) in [6, 6.07) is 9.17. The van der Waals surface area contributed by atoms with E-state index < -0.39 is 5.97 Å². The van der Waals surface area contributed by atoms with E-state index in [0.717, 1.165) is 20.7 Å². The molecule has 1 aromatic heterocycles. The average Bonchev–Trinajstić information content (AvgIpc) is 3.09. The minimum absolute atomic E-state index is 0.0823. The number of halogens is 4. The second-order valence-electron chi connectivity index (χ2n) is 5.68. The number of carboxylic acid groups (broad SMARTS) is 1. The van der Waals surface area contributed by atoms with Gasteiger partial charge in [-0.05, 0) is 91.5 Å². The number of ether oxygens (including phenoxy) is 1. The van der Waals surface area contributed by atoms with Crippen molar-refractivity contribution in [2.45, 2.75) is 0 Å². The van der Waals surface area contributed by atoms with E-state index in [-0.39, 0.29) is 17.2 Å². The summed E-state index contributed by atoms with van der Waals surface area (Å²) >= 11 is 11.0. The molecule has 0 spiro atoms. The fraction of sp³-hybridized carbons (Fsp3) is 0.0526. The second-order valence-corrected chi connectivity index (χ2v) is 10.8. The number of hydrogen-bond acceptors (Lipinski definition) is 4. The predicted octanol–water partition coefficient (Wildman–Crippen LogP) is 6.95. The SMILES string of the molecule is COc1cc(I)c(C(=O)Nc2csc(-c3ccc(Br)cc3)c2C(=O)O)c(I)c1I. The summed E-state index contributed by atoms with van der Waals surface area (Å²) in [5.74, 6) is -0.759. The average molecular weight is 810 g/mol. The largest absolute Gasteiger partial charge is 0.496 e. The predicted molar refractivity (Wildman–Crippen MR) is 144 cm³/mol. The number of carbonyl (C=O) groups is 2. The van der Waals surface area contributed by atoms with E-state index in [9.17, 15) is 14.7 Å². The van der Waals surface area contributed by atoms with Crippen molar-refractivity contribution in [2.24, 2.45) is 0 Å². The number of anilines is 1. The minimum atomic E-state index is -1.09. The lowest BCUT2D eigenvalue weighted by Crippen LogP contribution is -2.17. The molecule has 29 heavy (non-hydrogen) atoms. The first-order valence-electron chi connectivity index (χ1n) is 7.88. The van der Waals surface area contributed by atoms with Gasteiger partial charge in [0.05, 0.1) is 26.8 Å². The maximum absolute atomic E-state index is 13.0. The van der Waals surface area contributed by atoms with Crippen LogP contribution in [0.15, 0.2) is 40.2 Å². The van der Waals surface area contributed by atoms with Crippen LogP contribution in [-0.4, -0.2) is 24.1 Å². The summed E-state index contributed by atoms with van der Waals surface area (Å²) in [5.41, 5.74) is 1.63. The zero-order valence-corrected chi connectivity index (χ0v) is 23.4. The van der Waals surface area contributed by atoms with Gasteiger partial charge in [0.1, 0.15) is 11.3 Å². The number of hydrogen-bond donors (Lipinski definition) is 2. The van der Waals surface area contributed by atoms with Crippen molar-refractivity contribution < 1.29 is 19.4 Å². The van der Waals surface area contributed by atoms with E-state index in [2.05, 4.69) is 89.0 Å². The van der Waals surface area contributed by atoms with Gasteiger partial charge in [-0.15, -0.1) is 11.3 Å². The molecule has 0 bridgehead atoms. The molecule has 0 aliphatic carbocycles. The summed E-state index contributed by atoms with van der Waals surface area (Å²) in [4.78, 5) is 25.6. The van der Waals surface area contributed by atoms with Crippen LogP contribution in [0.4, 0.5) is 5.69 Å². The molecule has 10 heteroatoms. The first kappa shape index (κ1) is 23.2. The van der Waals surface area contributed by atoms with Crippen LogP contribution in [-0.2, 0) is 0 Å². The normalized spacial score (nSPS) is 10.7. The number of nitrogens with one attached hydrogen (secondary N) is 1. The van der Waals surface area contributed by atoms with Gasteiger partial charge in [0.15, 0.2) is 0 Å². The molecule has 0 atom stereocenters. The van der Waals surface area contributed by atoms with Crippen LogP contribution >= 0.6 is 95.0 Å². The number of aromatic carboxylic acids is 1. The molecule has 2 N–H and O–H groups in total. The quantitative estimate of drug-likeness (QED) is 0.216. The number of benzene rings is 2. The van der Waals surface area contributed by atoms with Crippen LogP contribution in [0.25, 0.3) is 10.4 Å². The fourth-order valence-electron chi connectivity index (χ4n) is 2.59. The summed E-state index contributed by atoms with van der Waals surface area (Å²) in [6.45, 7) is 0. The molecule has 0 aliphatic heterocycles. The van der Waals surface area contributed by atoms with Crippen molar-refractivity contribution in [3.63, 3.8) is 0 Å². The Hall–Kier alpha value is -0.450. The molecule has 150 valence electrons. The Balaban J connectivity index is 2.01. The van der Waals surface area contributed by atoms with Gasteiger partial charge in [0.2, 0.25) is 0 Å². The van der Waals surface area contributed by atoms with E-state index in [0.29, 0.717) is 16.2 Å². The molecule has 0 fully saturated rings. The summed E-state index contributed by atoms with van der Waals surface area (Å²) in [7, 11) is 1.58. The van der Waals surface area contributed by atoms with Crippen LogP contribution in [0, 0.1) is 10.7 Å². The number of rotatable bonds is 5. The minimum Gasteiger partial charge on any atom is -0.496 e. The molecule has 3 rings (SSSR count). The van der Waals surface area contributed by atoms with Crippen LogP contribution < -0.4 is 10.1 Å². The van der Waals surface area contributed by atoms with Crippen molar-refractivity contribution >= 4 is 113 Å². The molecule has 3 aromatic rings. The van der Waals surface area contributed by atoms with E-state index in [1.165, 1.54) is 11.3 Å². The molecule has 1 amide bonds. The van der Waals surface area contributed by atoms with Gasteiger partial charge < -0.3 is 15.2 Å². The van der Waals surface area contributed by atoms with E-state index >= 15 is 0 Å². The Morgan fingerprint density at radius 1 is 1.10 bits per heavy atom. The highest BCUT2D eigenvalue weighted by atomic mass is 127. The molecule has 0 saturated heterocycles. The Bertz CT molecular complexity index is 1120. The Morgan fingerprint density at radius 2 is 1.76 bits per heavy atom. The third-order valence-electron chi connectivity index (χ3n) is 3.93. The number of carbonyl (C=O) groups excluding carboxylic acids is 1. The van der Waals surface area contributed by atoms with Crippen LogP contribution in [0.2, 0.25) is 0 Å². The molecular formula is C19H11BrI3NO4S. The van der Waals surface area contributed by atoms with Gasteiger partial charge in [-0.1, -0.05) is 28.1 Å². The maximum Gasteiger partial charge on any atom is 0.339 e. The van der Waals surface area contributed by atoms with Crippen molar-refractivity contribution in [2.75, 3.05) is 12.4 Å². The smallest absolute Gasteiger partial charge is 0.339 e. The van der Waals surface area contributed by atoms with Crippen LogP contribution in [0.1, 0.15) is 20.7 Å². The molecule has 0 radical (unpaired) electrons. The van der Waals surface area contributed by atoms with Gasteiger partial charge in [-0.3, -0.25) is 4.79 Å². The first-order chi connectivity index (χ1) is 13.7. The van der Waals surface area contributed by atoms with Crippen molar-refractivity contribution in [1.29, 1.82) is 0 Å². The Labute approximate surface area is 220 Å². The van der Waals surface area contributed by atoms with E-state index in [1.54, 1.807) is 18.6 Å². The zero-order valence-electron chi connectivity index (χ0n) is 14.6. The third-order valence-corrected chi connectivity index (χ3v) is 9.52. The molecule has 2 aromatic carbocycles. The molecule has 0 aliphatic rings. The van der Waals surface area contributed by atoms with Crippen molar-refractivity contribution in [1.82, 2.24) is 0 Å². The zero-order chi connectivity index (χ0) is 21.3. The monoisotopic (exact) mass is 809 g/mol. The fourth-order valence-corrected chi connectivity index (χ4v) is 6.62. The molecular weight excluding hydrogens is 799 g/mol. The molecule has 0 unspecified atom stereocenters. The summed E-state index contributed by atoms with van der Waals surface area (Å²) in [6.07, 6.45) is 0. The van der Waals surface area contributed by atoms with Gasteiger partial charge in [0, 0.05) is 17.0 Å². The Kier molecular flexibility index (Phi) is 7.83. The molecule has 0 saturated carbocycles. The lowest BCUT2D eigenvalue weighted by Gasteiger charge is -2.13. The van der Waals surface area contributed by atoms with Gasteiger partial charge >= 0.3 is 5.97 Å². The highest BCUT2D eigenvalue weighted by molar-refractivity contribution is 14.1. The van der Waals surface area contributed by atoms with Crippen LogP contribution in [0.5, 0.6) is 5.75 Å². The summed E-state index contributed by atoms with van der Waals surface area (Å²) < 4.78 is 8.55. The number of thiophene rings is 1. The van der Waals surface area contributed by atoms with Gasteiger partial charge in [-0.2, -0.15) is 0 Å². The maximum atomic E-state index is 13.0. The standard InChI is InChI=1S/C19H11BrI3NO4S/c1-28-12-6-10(21)13(16(23)15(12)22)18(25)24-11-7-29-17(14(11)19(26)27)8-2-4-9(20)5-3-8/h2-7H,1H3,(H,24,25)(H,26,27). The topological polar surface area (TPSA) is 75.6 Å².